The first-order chi connectivity index (χ1) is 6.29. The maximum atomic E-state index is 11.3. The minimum Gasteiger partial charge on any atom is -0.496 e. The minimum absolute atomic E-state index is 0.347. The van der Waals surface area contributed by atoms with Crippen LogP contribution < -0.4 is 4.74 Å². The van der Waals surface area contributed by atoms with Crippen molar-refractivity contribution < 1.29 is 14.3 Å². The van der Waals surface area contributed by atoms with E-state index in [1.807, 2.05) is 6.07 Å². The van der Waals surface area contributed by atoms with Gasteiger partial charge in [-0.3, -0.25) is 0 Å². The largest absolute Gasteiger partial charge is 0.496 e. The highest BCUT2D eigenvalue weighted by Crippen LogP contribution is 2.17. The van der Waals surface area contributed by atoms with Crippen LogP contribution in [0.1, 0.15) is 17.3 Å². The van der Waals surface area contributed by atoms with E-state index in [9.17, 15) is 4.79 Å². The molecule has 0 aliphatic carbocycles. The second kappa shape index (κ2) is 4.50. The predicted molar refractivity (Wildman–Crippen MR) is 49.0 cm³/mol. The summed E-state index contributed by atoms with van der Waals surface area (Å²) < 4.78 is 9.86. The summed E-state index contributed by atoms with van der Waals surface area (Å²) in [6, 6.07) is 6.99. The summed E-state index contributed by atoms with van der Waals surface area (Å²) in [4.78, 5) is 11.3. The minimum atomic E-state index is -0.347. The Morgan fingerprint density at radius 1 is 1.38 bits per heavy atom. The first-order valence-electron chi connectivity index (χ1n) is 4.09. The lowest BCUT2D eigenvalue weighted by Crippen LogP contribution is -2.06. The fourth-order valence-electron chi connectivity index (χ4n) is 1.02. The number of benzene rings is 1. The number of esters is 1. The number of hydrogen-bond acceptors (Lipinski definition) is 3. The molecular weight excluding hydrogens is 168 g/mol. The van der Waals surface area contributed by atoms with E-state index in [0.29, 0.717) is 17.9 Å². The first-order valence-corrected chi connectivity index (χ1v) is 4.09. The van der Waals surface area contributed by atoms with Gasteiger partial charge in [0.05, 0.1) is 13.7 Å². The number of carbonyl (C=O) groups excluding carboxylic acids is 1. The van der Waals surface area contributed by atoms with E-state index in [0.717, 1.165) is 0 Å². The van der Waals surface area contributed by atoms with Crippen molar-refractivity contribution in [1.82, 2.24) is 0 Å². The molecule has 0 aliphatic heterocycles. The highest BCUT2D eigenvalue weighted by Gasteiger charge is 2.11. The van der Waals surface area contributed by atoms with Crippen molar-refractivity contribution in [1.29, 1.82) is 0 Å². The van der Waals surface area contributed by atoms with Gasteiger partial charge in [0.15, 0.2) is 0 Å². The Balaban J connectivity index is 2.92. The summed E-state index contributed by atoms with van der Waals surface area (Å²) in [5, 5.41) is 0. The average Bonchev–Trinajstić information content (AvgIpc) is 2.18. The zero-order valence-corrected chi connectivity index (χ0v) is 7.74. The van der Waals surface area contributed by atoms with Gasteiger partial charge in [-0.05, 0) is 19.1 Å². The van der Waals surface area contributed by atoms with Crippen molar-refractivity contribution in [2.45, 2.75) is 6.92 Å². The maximum Gasteiger partial charge on any atom is 0.341 e. The van der Waals surface area contributed by atoms with Gasteiger partial charge >= 0.3 is 5.97 Å². The van der Waals surface area contributed by atoms with Gasteiger partial charge in [0.2, 0.25) is 0 Å². The van der Waals surface area contributed by atoms with E-state index in [4.69, 9.17) is 9.47 Å². The molecule has 1 rings (SSSR count). The summed E-state index contributed by atoms with van der Waals surface area (Å²) in [5.74, 6) is 0.195. The van der Waals surface area contributed by atoms with Crippen LogP contribution >= 0.6 is 0 Å². The van der Waals surface area contributed by atoms with E-state index in [2.05, 4.69) is 0 Å². The lowest BCUT2D eigenvalue weighted by molar-refractivity contribution is 0.0523. The maximum absolute atomic E-state index is 11.3. The van der Waals surface area contributed by atoms with Crippen LogP contribution in [0.3, 0.4) is 0 Å². The van der Waals surface area contributed by atoms with Gasteiger partial charge in [0.25, 0.3) is 0 Å². The highest BCUT2D eigenvalue weighted by atomic mass is 16.5. The van der Waals surface area contributed by atoms with E-state index in [1.165, 1.54) is 7.11 Å². The second-order valence-electron chi connectivity index (χ2n) is 2.42. The molecule has 0 N–H and O–H groups in total. The molecule has 0 spiro atoms. The van der Waals surface area contributed by atoms with Crippen molar-refractivity contribution in [2.24, 2.45) is 0 Å². The van der Waals surface area contributed by atoms with E-state index in [-0.39, 0.29) is 5.97 Å². The Hall–Kier alpha value is -1.51. The lowest BCUT2D eigenvalue weighted by atomic mass is 10.2. The Kier molecular flexibility index (Phi) is 3.31. The molecule has 0 amide bonds. The van der Waals surface area contributed by atoms with Crippen LogP contribution in [0, 0.1) is 0 Å². The third-order valence-electron chi connectivity index (χ3n) is 1.60. The molecule has 1 aromatic carbocycles. The fourth-order valence-corrected chi connectivity index (χ4v) is 1.02. The fraction of sp³-hybridized carbons (Fsp3) is 0.300. The van der Waals surface area contributed by atoms with Crippen LogP contribution in [0.25, 0.3) is 0 Å². The van der Waals surface area contributed by atoms with Gasteiger partial charge in [-0.2, -0.15) is 0 Å². The van der Waals surface area contributed by atoms with Gasteiger partial charge in [-0.1, -0.05) is 12.1 Å². The molecule has 0 atom stereocenters. The van der Waals surface area contributed by atoms with E-state index < -0.39 is 0 Å². The summed E-state index contributed by atoms with van der Waals surface area (Å²) in [7, 11) is 1.53. The summed E-state index contributed by atoms with van der Waals surface area (Å²) in [6.07, 6.45) is 0. The molecule has 0 aromatic heterocycles. The molecule has 0 bridgehead atoms. The molecule has 3 nitrogen and oxygen atoms in total. The van der Waals surface area contributed by atoms with Gasteiger partial charge in [-0.25, -0.2) is 4.79 Å². The molecule has 13 heavy (non-hydrogen) atoms. The van der Waals surface area contributed by atoms with Crippen LogP contribution in [0.15, 0.2) is 24.3 Å². The number of para-hydroxylation sites is 1. The van der Waals surface area contributed by atoms with Gasteiger partial charge in [-0.15, -0.1) is 0 Å². The van der Waals surface area contributed by atoms with Crippen LogP contribution in [0.4, 0.5) is 0 Å². The quantitative estimate of drug-likeness (QED) is 0.666. The number of hydrogen-bond donors (Lipinski definition) is 0. The smallest absolute Gasteiger partial charge is 0.341 e. The Morgan fingerprint density at radius 2 is 2.08 bits per heavy atom. The highest BCUT2D eigenvalue weighted by molar-refractivity contribution is 5.92. The Labute approximate surface area is 77.3 Å². The Morgan fingerprint density at radius 3 is 2.69 bits per heavy atom. The summed E-state index contributed by atoms with van der Waals surface area (Å²) in [5.41, 5.74) is 0.465. The number of rotatable bonds is 3. The van der Waals surface area contributed by atoms with Crippen molar-refractivity contribution >= 4 is 5.97 Å². The first kappa shape index (κ1) is 9.58. The topological polar surface area (TPSA) is 35.5 Å². The van der Waals surface area contributed by atoms with Gasteiger partial charge in [0.1, 0.15) is 11.3 Å². The second-order valence-corrected chi connectivity index (χ2v) is 2.42. The number of ether oxygens (including phenoxy) is 2. The number of carbonyl (C=O) groups is 1. The van der Waals surface area contributed by atoms with Crippen molar-refractivity contribution in [3.63, 3.8) is 0 Å². The van der Waals surface area contributed by atoms with Crippen LogP contribution in [0.5, 0.6) is 5.75 Å². The number of methoxy groups -OCH3 is 1. The van der Waals surface area contributed by atoms with Crippen molar-refractivity contribution in [3.8, 4) is 5.75 Å². The average molecular weight is 180 g/mol. The lowest BCUT2D eigenvalue weighted by Gasteiger charge is -2.06. The normalized spacial score (nSPS) is 9.38. The molecule has 0 saturated carbocycles. The Bertz CT molecular complexity index is 294. The van der Waals surface area contributed by atoms with E-state index in [1.54, 1.807) is 25.1 Å². The third-order valence-corrected chi connectivity index (χ3v) is 1.60. The molecular formula is C10H12O3. The molecule has 1 aromatic rings. The zero-order chi connectivity index (χ0) is 9.68. The molecule has 0 aliphatic rings. The summed E-state index contributed by atoms with van der Waals surface area (Å²) in [6.45, 7) is 2.14. The van der Waals surface area contributed by atoms with Crippen LogP contribution in [0.2, 0.25) is 0 Å². The monoisotopic (exact) mass is 180 g/mol. The molecule has 70 valence electrons. The molecule has 3 heteroatoms. The zero-order valence-electron chi connectivity index (χ0n) is 7.74. The van der Waals surface area contributed by atoms with Crippen molar-refractivity contribution in [2.75, 3.05) is 13.7 Å². The molecule has 0 radical (unpaired) electrons. The van der Waals surface area contributed by atoms with Crippen LogP contribution in [-0.2, 0) is 4.74 Å². The predicted octanol–water partition coefficient (Wildman–Crippen LogP) is 1.87. The molecule has 0 heterocycles. The van der Waals surface area contributed by atoms with E-state index >= 15 is 0 Å². The van der Waals surface area contributed by atoms with Crippen LogP contribution in [-0.4, -0.2) is 19.7 Å². The van der Waals surface area contributed by atoms with Crippen molar-refractivity contribution in [3.05, 3.63) is 29.8 Å². The molecule has 0 fully saturated rings. The third kappa shape index (κ3) is 2.21. The SMILES string of the molecule is CCOC(=O)c1ccccc1OC. The van der Waals surface area contributed by atoms with Gasteiger partial charge in [0, 0.05) is 0 Å². The standard InChI is InChI=1S/C10H12O3/c1-3-13-10(11)8-6-4-5-7-9(8)12-2/h4-7H,3H2,1-2H3. The molecule has 0 unspecified atom stereocenters. The van der Waals surface area contributed by atoms with Gasteiger partial charge < -0.3 is 9.47 Å². The summed E-state index contributed by atoms with van der Waals surface area (Å²) >= 11 is 0. The molecule has 0 saturated heterocycles.